The molecule has 2 aromatic heterocycles. The van der Waals surface area contributed by atoms with E-state index in [0.29, 0.717) is 24.7 Å². The summed E-state index contributed by atoms with van der Waals surface area (Å²) in [7, 11) is 1.81. The van der Waals surface area contributed by atoms with Crippen molar-refractivity contribution in [2.45, 2.75) is 32.4 Å². The van der Waals surface area contributed by atoms with Gasteiger partial charge in [0.25, 0.3) is 0 Å². The fraction of sp³-hybridized carbons (Fsp3) is 0.375. The van der Waals surface area contributed by atoms with Crippen LogP contribution in [0.3, 0.4) is 0 Å². The lowest BCUT2D eigenvalue weighted by molar-refractivity contribution is -0.148. The van der Waals surface area contributed by atoms with Crippen LogP contribution in [-0.2, 0) is 11.8 Å². The molecule has 232 valence electrons. The van der Waals surface area contributed by atoms with E-state index in [1.807, 2.05) is 62.7 Å². The van der Waals surface area contributed by atoms with Gasteiger partial charge in [-0.3, -0.25) is 9.78 Å². The topological polar surface area (TPSA) is 82.4 Å². The lowest BCUT2D eigenvalue weighted by atomic mass is 9.98. The normalized spacial score (nSPS) is 16.2. The van der Waals surface area contributed by atoms with Crippen molar-refractivity contribution in [2.75, 3.05) is 49.5 Å². The van der Waals surface area contributed by atoms with Gasteiger partial charge in [0.05, 0.1) is 18.3 Å². The maximum atomic E-state index is 12.5. The molecule has 3 aromatic rings. The van der Waals surface area contributed by atoms with Crippen LogP contribution in [0.15, 0.2) is 73.1 Å². The number of carbonyl (C=O) groups is 1. The molecular formula is C32H37F3N8O. The maximum absolute atomic E-state index is 12.5. The molecule has 0 radical (unpaired) electrons. The van der Waals surface area contributed by atoms with E-state index in [2.05, 4.69) is 37.8 Å². The molecule has 0 atom stereocenters. The Morgan fingerprint density at radius 3 is 2.43 bits per heavy atom. The van der Waals surface area contributed by atoms with Gasteiger partial charge < -0.3 is 20.0 Å². The van der Waals surface area contributed by atoms with E-state index in [0.717, 1.165) is 60.0 Å². The quantitative estimate of drug-likeness (QED) is 0.337. The smallest absolute Gasteiger partial charge is 0.368 e. The van der Waals surface area contributed by atoms with Gasteiger partial charge in [-0.2, -0.15) is 18.2 Å². The highest BCUT2D eigenvalue weighted by molar-refractivity contribution is 5.79. The minimum Gasteiger partial charge on any atom is -0.368 e. The number of alkyl halides is 3. The second kappa shape index (κ2) is 13.4. The third-order valence-corrected chi connectivity index (χ3v) is 7.97. The van der Waals surface area contributed by atoms with Gasteiger partial charge in [-0.05, 0) is 48.7 Å². The second-order valence-corrected chi connectivity index (χ2v) is 10.9. The first-order valence-corrected chi connectivity index (χ1v) is 14.7. The molecule has 0 saturated carbocycles. The van der Waals surface area contributed by atoms with Crippen molar-refractivity contribution in [1.29, 1.82) is 0 Å². The van der Waals surface area contributed by atoms with E-state index in [-0.39, 0.29) is 6.54 Å². The van der Waals surface area contributed by atoms with Crippen molar-refractivity contribution < 1.29 is 18.0 Å². The summed E-state index contributed by atoms with van der Waals surface area (Å²) in [6, 6.07) is 12.1. The number of anilines is 3. The average molecular weight is 607 g/mol. The highest BCUT2D eigenvalue weighted by Gasteiger charge is 2.30. The molecule has 1 N–H and O–H groups in total. The summed E-state index contributed by atoms with van der Waals surface area (Å²) in [5.74, 6) is 0.622. The molecule has 2 aliphatic heterocycles. The van der Waals surface area contributed by atoms with Crippen LogP contribution in [0.25, 0.3) is 11.3 Å². The van der Waals surface area contributed by atoms with Gasteiger partial charge in [0, 0.05) is 75.9 Å². The first-order chi connectivity index (χ1) is 21.1. The van der Waals surface area contributed by atoms with Crippen molar-refractivity contribution in [3.8, 4) is 0 Å². The van der Waals surface area contributed by atoms with Crippen LogP contribution in [0.5, 0.6) is 0 Å². The SMILES string of the molecule is C=C(c1ccc(Nc2nc(/C(=C\C)C3=CCN(C(=O)CCC(F)(F)F)CC3)n(C)n2)cc1)N1CCN(c2cccnc2)CC1. The Hall–Kier alpha value is -4.61. The summed E-state index contributed by atoms with van der Waals surface area (Å²) in [6.45, 7) is 10.5. The predicted octanol–water partition coefficient (Wildman–Crippen LogP) is 5.65. The van der Waals surface area contributed by atoms with Crippen LogP contribution < -0.4 is 10.2 Å². The number of nitrogens with zero attached hydrogens (tertiary/aromatic N) is 7. The number of hydrogen-bond donors (Lipinski definition) is 1. The number of aromatic nitrogens is 4. The Bertz CT molecular complexity index is 1520. The largest absolute Gasteiger partial charge is 0.389 e. The number of pyridine rings is 1. The minimum atomic E-state index is -4.34. The lowest BCUT2D eigenvalue weighted by Crippen LogP contribution is -2.45. The van der Waals surface area contributed by atoms with Gasteiger partial charge in [-0.15, -0.1) is 5.10 Å². The molecule has 0 bridgehead atoms. The zero-order valence-corrected chi connectivity index (χ0v) is 25.0. The first-order valence-electron chi connectivity index (χ1n) is 14.7. The first kappa shape index (κ1) is 30.8. The number of allylic oxidation sites excluding steroid dienone is 2. The van der Waals surface area contributed by atoms with Gasteiger partial charge in [-0.25, -0.2) is 4.68 Å². The molecule has 12 heteroatoms. The Morgan fingerprint density at radius 2 is 1.82 bits per heavy atom. The molecule has 2 aliphatic rings. The van der Waals surface area contributed by atoms with Crippen molar-refractivity contribution in [1.82, 2.24) is 29.5 Å². The molecule has 4 heterocycles. The summed E-state index contributed by atoms with van der Waals surface area (Å²) >= 11 is 0. The minimum absolute atomic E-state index is 0.268. The maximum Gasteiger partial charge on any atom is 0.389 e. The molecule has 1 amide bonds. The highest BCUT2D eigenvalue weighted by atomic mass is 19.4. The number of amides is 1. The predicted molar refractivity (Wildman–Crippen MR) is 166 cm³/mol. The van der Waals surface area contributed by atoms with E-state index in [1.165, 1.54) is 4.90 Å². The van der Waals surface area contributed by atoms with Crippen molar-refractivity contribution in [3.05, 3.63) is 84.5 Å². The number of carbonyl (C=O) groups excluding carboxylic acids is 1. The summed E-state index contributed by atoms with van der Waals surface area (Å²) in [5.41, 5.74) is 5.88. The molecule has 44 heavy (non-hydrogen) atoms. The Balaban J connectivity index is 1.17. The lowest BCUT2D eigenvalue weighted by Gasteiger charge is -2.38. The third-order valence-electron chi connectivity index (χ3n) is 7.97. The fourth-order valence-corrected chi connectivity index (χ4v) is 5.51. The Labute approximate surface area is 255 Å². The van der Waals surface area contributed by atoms with Gasteiger partial charge in [0.1, 0.15) is 0 Å². The Kier molecular flexibility index (Phi) is 9.36. The zero-order chi connectivity index (χ0) is 31.3. The van der Waals surface area contributed by atoms with Crippen molar-refractivity contribution >= 4 is 34.5 Å². The van der Waals surface area contributed by atoms with Gasteiger partial charge in [0.15, 0.2) is 5.82 Å². The number of piperazine rings is 1. The molecule has 9 nitrogen and oxygen atoms in total. The van der Waals surface area contributed by atoms with Crippen molar-refractivity contribution in [3.63, 3.8) is 0 Å². The highest BCUT2D eigenvalue weighted by Crippen LogP contribution is 2.29. The van der Waals surface area contributed by atoms with E-state index in [1.54, 1.807) is 10.9 Å². The third kappa shape index (κ3) is 7.47. The molecule has 0 aliphatic carbocycles. The number of halogens is 3. The molecule has 5 rings (SSSR count). The van der Waals surface area contributed by atoms with Gasteiger partial charge in [0.2, 0.25) is 11.9 Å². The second-order valence-electron chi connectivity index (χ2n) is 10.9. The molecular weight excluding hydrogens is 569 g/mol. The van der Waals surface area contributed by atoms with E-state index in [4.69, 9.17) is 4.98 Å². The fourth-order valence-electron chi connectivity index (χ4n) is 5.51. The molecule has 1 saturated heterocycles. The van der Waals surface area contributed by atoms with Gasteiger partial charge in [-0.1, -0.05) is 30.9 Å². The molecule has 0 unspecified atom stereocenters. The number of rotatable bonds is 9. The number of hydrogen-bond acceptors (Lipinski definition) is 7. The van der Waals surface area contributed by atoms with E-state index >= 15 is 0 Å². The average Bonchev–Trinajstić information content (AvgIpc) is 3.39. The van der Waals surface area contributed by atoms with Gasteiger partial charge >= 0.3 is 6.18 Å². The number of nitrogens with one attached hydrogen (secondary N) is 1. The Morgan fingerprint density at radius 1 is 1.07 bits per heavy atom. The van der Waals surface area contributed by atoms with Crippen LogP contribution in [0.2, 0.25) is 0 Å². The summed E-state index contributed by atoms with van der Waals surface area (Å²) in [4.78, 5) is 27.3. The van der Waals surface area contributed by atoms with Crippen LogP contribution >= 0.6 is 0 Å². The summed E-state index contributed by atoms with van der Waals surface area (Å²) in [5, 5.41) is 7.82. The van der Waals surface area contributed by atoms with Crippen LogP contribution in [-0.4, -0.2) is 80.9 Å². The molecule has 0 spiro atoms. The van der Waals surface area contributed by atoms with E-state index in [9.17, 15) is 18.0 Å². The monoisotopic (exact) mass is 606 g/mol. The van der Waals surface area contributed by atoms with Crippen LogP contribution in [0.4, 0.5) is 30.5 Å². The standard InChI is InChI=1S/C32H37F3N8O/c1-4-28(25-12-16-43(17-13-25)29(44)11-14-32(33,34)35)30-38-31(39-40(30)3)37-26-9-7-24(8-10-26)23(2)41-18-20-42(21-19-41)27-6-5-15-36-22-27/h4-10,12,15,22H,2,11,13-14,16-21H2,1,3H3,(H,37,39)/b28-4-. The van der Waals surface area contributed by atoms with E-state index < -0.39 is 24.9 Å². The molecule has 1 aromatic carbocycles. The number of benzene rings is 1. The van der Waals surface area contributed by atoms with Crippen molar-refractivity contribution in [2.24, 2.45) is 7.05 Å². The summed E-state index contributed by atoms with van der Waals surface area (Å²) < 4.78 is 39.3. The summed E-state index contributed by atoms with van der Waals surface area (Å²) in [6.07, 6.45) is 2.07. The zero-order valence-electron chi connectivity index (χ0n) is 25.0. The van der Waals surface area contributed by atoms with Crippen LogP contribution in [0.1, 0.15) is 37.6 Å². The van der Waals surface area contributed by atoms with Crippen LogP contribution in [0, 0.1) is 0 Å². The number of aryl methyl sites for hydroxylation is 1. The molecule has 1 fully saturated rings.